The lowest BCUT2D eigenvalue weighted by Crippen LogP contribution is -2.52. The molecule has 98 valence electrons. The van der Waals surface area contributed by atoms with Gasteiger partial charge in [-0.05, 0) is 0 Å². The van der Waals surface area contributed by atoms with Gasteiger partial charge in [0, 0.05) is 37.8 Å². The summed E-state index contributed by atoms with van der Waals surface area (Å²) >= 11 is 1.57. The van der Waals surface area contributed by atoms with Crippen LogP contribution >= 0.6 is 11.3 Å². The summed E-state index contributed by atoms with van der Waals surface area (Å²) in [6.07, 6.45) is 1.76. The van der Waals surface area contributed by atoms with Crippen molar-refractivity contribution in [3.8, 4) is 0 Å². The van der Waals surface area contributed by atoms with Gasteiger partial charge in [0.05, 0.1) is 0 Å². The lowest BCUT2D eigenvalue weighted by molar-refractivity contribution is -0.135. The van der Waals surface area contributed by atoms with E-state index in [4.69, 9.17) is 5.11 Å². The fraction of sp³-hybridized carbons (Fsp3) is 0.500. The second-order valence-electron chi connectivity index (χ2n) is 3.84. The molecule has 0 aliphatic carbocycles. The maximum Gasteiger partial charge on any atom is 0.323 e. The van der Waals surface area contributed by atoms with Crippen LogP contribution in [0, 0.1) is 0 Å². The number of hydrogen-bond acceptors (Lipinski definition) is 5. The molecule has 2 rings (SSSR count). The Bertz CT molecular complexity index is 415. The highest BCUT2D eigenvalue weighted by molar-refractivity contribution is 7.13. The highest BCUT2D eigenvalue weighted by Gasteiger charge is 2.22. The fourth-order valence-corrected chi connectivity index (χ4v) is 2.43. The zero-order valence-corrected chi connectivity index (χ0v) is 10.5. The van der Waals surface area contributed by atoms with Crippen LogP contribution in [0.1, 0.15) is 0 Å². The van der Waals surface area contributed by atoms with Crippen LogP contribution in [0.4, 0.5) is 9.93 Å². The van der Waals surface area contributed by atoms with Crippen LogP contribution in [-0.2, 0) is 4.79 Å². The van der Waals surface area contributed by atoms with Crippen molar-refractivity contribution in [1.82, 2.24) is 15.2 Å². The Balaban J connectivity index is 1.79. The van der Waals surface area contributed by atoms with E-state index in [0.29, 0.717) is 26.2 Å². The highest BCUT2D eigenvalue weighted by atomic mass is 32.1. The molecule has 0 bridgehead atoms. The van der Waals surface area contributed by atoms with E-state index in [1.807, 2.05) is 5.38 Å². The summed E-state index contributed by atoms with van der Waals surface area (Å²) in [7, 11) is 0. The van der Waals surface area contributed by atoms with Gasteiger partial charge in [0.25, 0.3) is 0 Å². The number of carboxylic acids is 1. The van der Waals surface area contributed by atoms with E-state index in [0.717, 1.165) is 5.13 Å². The third-order valence-corrected chi connectivity index (χ3v) is 3.48. The number of piperazine rings is 1. The van der Waals surface area contributed by atoms with E-state index in [-0.39, 0.29) is 12.6 Å². The van der Waals surface area contributed by atoms with Crippen LogP contribution in [0.15, 0.2) is 11.6 Å². The fourth-order valence-electron chi connectivity index (χ4n) is 1.74. The van der Waals surface area contributed by atoms with Crippen molar-refractivity contribution in [2.24, 2.45) is 0 Å². The van der Waals surface area contributed by atoms with Crippen LogP contribution < -0.4 is 10.2 Å². The minimum atomic E-state index is -1.04. The Hall–Kier alpha value is -1.83. The first-order valence-electron chi connectivity index (χ1n) is 5.56. The summed E-state index contributed by atoms with van der Waals surface area (Å²) in [4.78, 5) is 29.9. The molecule has 1 aliphatic heterocycles. The Morgan fingerprint density at radius 1 is 1.39 bits per heavy atom. The third-order valence-electron chi connectivity index (χ3n) is 2.65. The maximum atomic E-state index is 11.6. The number of carbonyl (C=O) groups excluding carboxylic acids is 1. The molecule has 1 aromatic rings. The van der Waals surface area contributed by atoms with Gasteiger partial charge in [-0.2, -0.15) is 0 Å². The average Bonchev–Trinajstić information content (AvgIpc) is 2.90. The van der Waals surface area contributed by atoms with Crippen LogP contribution in [0.2, 0.25) is 0 Å². The number of aromatic nitrogens is 1. The SMILES string of the molecule is O=C(O)CNC(=O)N1CCN(c2nccs2)CC1. The molecule has 2 amide bonds. The molecule has 0 aromatic carbocycles. The van der Waals surface area contributed by atoms with Crippen molar-refractivity contribution >= 4 is 28.5 Å². The first-order chi connectivity index (χ1) is 8.66. The minimum absolute atomic E-state index is 0.323. The molecule has 2 heterocycles. The van der Waals surface area contributed by atoms with E-state index in [2.05, 4.69) is 15.2 Å². The molecule has 1 saturated heterocycles. The quantitative estimate of drug-likeness (QED) is 0.811. The first kappa shape index (κ1) is 12.6. The average molecular weight is 270 g/mol. The van der Waals surface area contributed by atoms with Gasteiger partial charge < -0.3 is 20.2 Å². The van der Waals surface area contributed by atoms with Crippen molar-refractivity contribution in [3.05, 3.63) is 11.6 Å². The van der Waals surface area contributed by atoms with Crippen LogP contribution in [0.25, 0.3) is 0 Å². The number of nitrogens with zero attached hydrogens (tertiary/aromatic N) is 3. The van der Waals surface area contributed by atoms with E-state index < -0.39 is 5.97 Å². The highest BCUT2D eigenvalue weighted by Crippen LogP contribution is 2.18. The molecule has 0 unspecified atom stereocenters. The number of hydrogen-bond donors (Lipinski definition) is 2. The Morgan fingerprint density at radius 2 is 2.11 bits per heavy atom. The summed E-state index contributed by atoms with van der Waals surface area (Å²) in [6.45, 7) is 2.24. The zero-order chi connectivity index (χ0) is 13.0. The van der Waals surface area contributed by atoms with E-state index in [1.54, 1.807) is 22.4 Å². The van der Waals surface area contributed by atoms with Crippen LogP contribution in [0.3, 0.4) is 0 Å². The van der Waals surface area contributed by atoms with E-state index in [9.17, 15) is 9.59 Å². The van der Waals surface area contributed by atoms with Crippen molar-refractivity contribution in [2.75, 3.05) is 37.6 Å². The molecule has 1 fully saturated rings. The predicted octanol–water partition coefficient (Wildman–Crippen LogP) is 0.0593. The van der Waals surface area contributed by atoms with Gasteiger partial charge in [0.2, 0.25) is 0 Å². The van der Waals surface area contributed by atoms with Gasteiger partial charge in [-0.15, -0.1) is 11.3 Å². The molecule has 1 aromatic heterocycles. The van der Waals surface area contributed by atoms with Gasteiger partial charge in [0.15, 0.2) is 5.13 Å². The normalized spacial score (nSPS) is 15.6. The van der Waals surface area contributed by atoms with E-state index in [1.165, 1.54) is 0 Å². The van der Waals surface area contributed by atoms with Crippen LogP contribution in [0.5, 0.6) is 0 Å². The van der Waals surface area contributed by atoms with Gasteiger partial charge in [-0.25, -0.2) is 9.78 Å². The summed E-state index contributed by atoms with van der Waals surface area (Å²) in [5.74, 6) is -1.04. The second kappa shape index (κ2) is 5.67. The molecule has 8 heteroatoms. The first-order valence-corrected chi connectivity index (χ1v) is 6.44. The van der Waals surface area contributed by atoms with Gasteiger partial charge in [-0.3, -0.25) is 4.79 Å². The number of aliphatic carboxylic acids is 1. The predicted molar refractivity (Wildman–Crippen MR) is 66.9 cm³/mol. The maximum absolute atomic E-state index is 11.6. The monoisotopic (exact) mass is 270 g/mol. The molecular formula is C10H14N4O3S. The molecule has 2 N–H and O–H groups in total. The number of amides is 2. The third kappa shape index (κ3) is 3.10. The number of thiazole rings is 1. The Labute approximate surface area is 108 Å². The largest absolute Gasteiger partial charge is 0.480 e. The van der Waals surface area contributed by atoms with Gasteiger partial charge in [0.1, 0.15) is 6.54 Å². The van der Waals surface area contributed by atoms with E-state index >= 15 is 0 Å². The molecule has 0 saturated carbocycles. The lowest BCUT2D eigenvalue weighted by Gasteiger charge is -2.34. The summed E-state index contributed by atoms with van der Waals surface area (Å²) < 4.78 is 0. The second-order valence-corrected chi connectivity index (χ2v) is 4.71. The van der Waals surface area contributed by atoms with Crippen molar-refractivity contribution in [2.45, 2.75) is 0 Å². The number of nitrogens with one attached hydrogen (secondary N) is 1. The van der Waals surface area contributed by atoms with Crippen molar-refractivity contribution in [3.63, 3.8) is 0 Å². The molecule has 0 atom stereocenters. The molecule has 0 spiro atoms. The zero-order valence-electron chi connectivity index (χ0n) is 9.70. The smallest absolute Gasteiger partial charge is 0.323 e. The lowest BCUT2D eigenvalue weighted by atomic mass is 10.3. The number of rotatable bonds is 3. The summed E-state index contributed by atoms with van der Waals surface area (Å²) in [5, 5.41) is 13.7. The Morgan fingerprint density at radius 3 is 2.67 bits per heavy atom. The molecule has 1 aliphatic rings. The number of carbonyl (C=O) groups is 2. The number of urea groups is 1. The molecule has 18 heavy (non-hydrogen) atoms. The van der Waals surface area contributed by atoms with Crippen LogP contribution in [-0.4, -0.2) is 59.7 Å². The van der Waals surface area contributed by atoms with Crippen molar-refractivity contribution < 1.29 is 14.7 Å². The number of carboxylic acid groups (broad SMARTS) is 1. The molecule has 7 nitrogen and oxygen atoms in total. The summed E-state index contributed by atoms with van der Waals surface area (Å²) in [6, 6.07) is -0.323. The molecular weight excluding hydrogens is 256 g/mol. The summed E-state index contributed by atoms with van der Waals surface area (Å²) in [5.41, 5.74) is 0. The topological polar surface area (TPSA) is 85.8 Å². The number of anilines is 1. The van der Waals surface area contributed by atoms with Crippen molar-refractivity contribution in [1.29, 1.82) is 0 Å². The minimum Gasteiger partial charge on any atom is -0.480 e. The van der Waals surface area contributed by atoms with Gasteiger partial charge in [-0.1, -0.05) is 0 Å². The molecule has 0 radical (unpaired) electrons. The standard InChI is InChI=1S/C10H14N4O3S/c15-8(16)7-12-9(17)13-2-4-14(5-3-13)10-11-1-6-18-10/h1,6H,2-5,7H2,(H,12,17)(H,15,16). The van der Waals surface area contributed by atoms with Gasteiger partial charge >= 0.3 is 12.0 Å². The Kier molecular flexibility index (Phi) is 3.98.